The van der Waals surface area contributed by atoms with Crippen molar-refractivity contribution in [1.82, 2.24) is 9.97 Å². The summed E-state index contributed by atoms with van der Waals surface area (Å²) in [5, 5.41) is 2.03. The second-order valence-corrected chi connectivity index (χ2v) is 4.84. The second kappa shape index (κ2) is 4.58. The molecule has 18 heavy (non-hydrogen) atoms. The molecule has 0 aliphatic heterocycles. The van der Waals surface area contributed by atoms with Gasteiger partial charge in [-0.1, -0.05) is 18.2 Å². The van der Waals surface area contributed by atoms with E-state index in [0.29, 0.717) is 0 Å². The van der Waals surface area contributed by atoms with Crippen molar-refractivity contribution in [1.29, 1.82) is 0 Å². The number of hydrogen-bond acceptors (Lipinski definition) is 4. The van der Waals surface area contributed by atoms with Gasteiger partial charge in [-0.05, 0) is 23.6 Å². The maximum Gasteiger partial charge on any atom is 0.0992 e. The van der Waals surface area contributed by atoms with E-state index in [2.05, 4.69) is 9.97 Å². The zero-order valence-electron chi connectivity index (χ0n) is 9.58. The van der Waals surface area contributed by atoms with Crippen molar-refractivity contribution in [2.45, 2.75) is 0 Å². The number of benzene rings is 1. The number of nitrogens with two attached hydrogens (primary N) is 1. The Kier molecular flexibility index (Phi) is 2.78. The summed E-state index contributed by atoms with van der Waals surface area (Å²) in [6.45, 7) is 0. The molecule has 88 valence electrons. The molecule has 0 aliphatic carbocycles. The van der Waals surface area contributed by atoms with Gasteiger partial charge < -0.3 is 5.73 Å². The van der Waals surface area contributed by atoms with Gasteiger partial charge in [-0.25, -0.2) is 4.98 Å². The number of aromatic nitrogens is 2. The SMILES string of the molecule is Nc1cccc(-c2cncc(-c3cccs3)n2)c1. The molecule has 3 aromatic rings. The van der Waals surface area contributed by atoms with Gasteiger partial charge >= 0.3 is 0 Å². The van der Waals surface area contributed by atoms with Gasteiger partial charge in [0.15, 0.2) is 0 Å². The van der Waals surface area contributed by atoms with Crippen LogP contribution in [-0.2, 0) is 0 Å². The van der Waals surface area contributed by atoms with Crippen LogP contribution in [-0.4, -0.2) is 9.97 Å². The molecular weight excluding hydrogens is 242 g/mol. The number of nitrogen functional groups attached to an aromatic ring is 1. The molecule has 2 N–H and O–H groups in total. The molecule has 0 unspecified atom stereocenters. The Labute approximate surface area is 109 Å². The van der Waals surface area contributed by atoms with Crippen LogP contribution in [0.1, 0.15) is 0 Å². The number of thiophene rings is 1. The van der Waals surface area contributed by atoms with E-state index in [9.17, 15) is 0 Å². The lowest BCUT2D eigenvalue weighted by Crippen LogP contribution is -1.90. The van der Waals surface area contributed by atoms with Crippen molar-refractivity contribution in [3.63, 3.8) is 0 Å². The van der Waals surface area contributed by atoms with Crippen LogP contribution in [0.3, 0.4) is 0 Å². The molecule has 0 saturated carbocycles. The second-order valence-electron chi connectivity index (χ2n) is 3.89. The topological polar surface area (TPSA) is 51.8 Å². The number of nitrogens with zero attached hydrogens (tertiary/aromatic N) is 2. The fourth-order valence-electron chi connectivity index (χ4n) is 1.75. The van der Waals surface area contributed by atoms with Gasteiger partial charge in [0.25, 0.3) is 0 Å². The third-order valence-electron chi connectivity index (χ3n) is 2.59. The Bertz CT molecular complexity index is 662. The van der Waals surface area contributed by atoms with E-state index < -0.39 is 0 Å². The lowest BCUT2D eigenvalue weighted by Gasteiger charge is -2.03. The van der Waals surface area contributed by atoms with E-state index in [4.69, 9.17) is 5.73 Å². The normalized spacial score (nSPS) is 10.4. The Morgan fingerprint density at radius 3 is 2.67 bits per heavy atom. The van der Waals surface area contributed by atoms with Crippen LogP contribution in [0.15, 0.2) is 54.2 Å². The first-order valence-corrected chi connectivity index (χ1v) is 6.43. The largest absolute Gasteiger partial charge is 0.399 e. The molecule has 3 nitrogen and oxygen atoms in total. The number of rotatable bonds is 2. The standard InChI is InChI=1S/C14H11N3S/c15-11-4-1-3-10(7-11)12-8-16-9-13(17-12)14-5-2-6-18-14/h1-9H,15H2. The smallest absolute Gasteiger partial charge is 0.0992 e. The summed E-state index contributed by atoms with van der Waals surface area (Å²) in [4.78, 5) is 9.99. The molecule has 3 rings (SSSR count). The molecule has 2 heterocycles. The first-order chi connectivity index (χ1) is 8.83. The van der Waals surface area contributed by atoms with E-state index in [1.807, 2.05) is 41.8 Å². The number of anilines is 1. The summed E-state index contributed by atoms with van der Waals surface area (Å²) in [6, 6.07) is 11.7. The van der Waals surface area contributed by atoms with Gasteiger partial charge in [0.1, 0.15) is 0 Å². The highest BCUT2D eigenvalue weighted by molar-refractivity contribution is 7.13. The van der Waals surface area contributed by atoms with Gasteiger partial charge in [-0.2, -0.15) is 0 Å². The fourth-order valence-corrected chi connectivity index (χ4v) is 2.43. The first-order valence-electron chi connectivity index (χ1n) is 5.55. The molecule has 2 aromatic heterocycles. The zero-order valence-corrected chi connectivity index (χ0v) is 10.4. The third-order valence-corrected chi connectivity index (χ3v) is 3.48. The molecule has 0 fully saturated rings. The molecule has 0 atom stereocenters. The summed E-state index contributed by atoms with van der Waals surface area (Å²) >= 11 is 1.66. The van der Waals surface area contributed by atoms with Crippen LogP contribution in [0.25, 0.3) is 21.8 Å². The van der Waals surface area contributed by atoms with Crippen LogP contribution >= 0.6 is 11.3 Å². The molecule has 0 amide bonds. The van der Waals surface area contributed by atoms with Crippen molar-refractivity contribution < 1.29 is 0 Å². The van der Waals surface area contributed by atoms with Crippen LogP contribution in [0.4, 0.5) is 5.69 Å². The van der Waals surface area contributed by atoms with Crippen molar-refractivity contribution >= 4 is 17.0 Å². The quantitative estimate of drug-likeness (QED) is 0.712. The minimum Gasteiger partial charge on any atom is -0.399 e. The van der Waals surface area contributed by atoms with E-state index >= 15 is 0 Å². The van der Waals surface area contributed by atoms with Gasteiger partial charge in [0, 0.05) is 11.3 Å². The third kappa shape index (κ3) is 2.10. The molecule has 4 heteroatoms. The summed E-state index contributed by atoms with van der Waals surface area (Å²) in [5.41, 5.74) is 9.24. The Hall–Kier alpha value is -2.20. The summed E-state index contributed by atoms with van der Waals surface area (Å²) in [7, 11) is 0. The predicted octanol–water partition coefficient (Wildman–Crippen LogP) is 3.45. The average molecular weight is 253 g/mol. The van der Waals surface area contributed by atoms with E-state index in [1.54, 1.807) is 23.7 Å². The van der Waals surface area contributed by atoms with Crippen LogP contribution in [0, 0.1) is 0 Å². The Morgan fingerprint density at radius 1 is 1.00 bits per heavy atom. The highest BCUT2D eigenvalue weighted by Crippen LogP contribution is 2.25. The van der Waals surface area contributed by atoms with Gasteiger partial charge in [0.2, 0.25) is 0 Å². The predicted molar refractivity (Wildman–Crippen MR) is 75.2 cm³/mol. The highest BCUT2D eigenvalue weighted by atomic mass is 32.1. The molecule has 0 bridgehead atoms. The molecule has 1 aromatic carbocycles. The Balaban J connectivity index is 2.06. The minimum absolute atomic E-state index is 0.732. The molecule has 0 radical (unpaired) electrons. The summed E-state index contributed by atoms with van der Waals surface area (Å²) < 4.78 is 0. The molecular formula is C14H11N3S. The Morgan fingerprint density at radius 2 is 1.89 bits per heavy atom. The average Bonchev–Trinajstić information content (AvgIpc) is 2.93. The number of hydrogen-bond donors (Lipinski definition) is 1. The maximum atomic E-state index is 5.78. The van der Waals surface area contributed by atoms with E-state index in [0.717, 1.165) is 27.5 Å². The molecule has 0 aliphatic rings. The lowest BCUT2D eigenvalue weighted by atomic mass is 10.1. The monoisotopic (exact) mass is 253 g/mol. The fraction of sp³-hybridized carbons (Fsp3) is 0. The lowest BCUT2D eigenvalue weighted by molar-refractivity contribution is 1.22. The molecule has 0 spiro atoms. The van der Waals surface area contributed by atoms with Crippen LogP contribution < -0.4 is 5.73 Å². The van der Waals surface area contributed by atoms with Crippen molar-refractivity contribution in [2.24, 2.45) is 0 Å². The van der Waals surface area contributed by atoms with Crippen LogP contribution in [0.5, 0.6) is 0 Å². The van der Waals surface area contributed by atoms with Gasteiger partial charge in [-0.3, -0.25) is 4.98 Å². The van der Waals surface area contributed by atoms with Crippen LogP contribution in [0.2, 0.25) is 0 Å². The highest BCUT2D eigenvalue weighted by Gasteiger charge is 2.05. The zero-order chi connectivity index (χ0) is 12.4. The van der Waals surface area contributed by atoms with E-state index in [1.165, 1.54) is 0 Å². The summed E-state index contributed by atoms with van der Waals surface area (Å²) in [6.07, 6.45) is 3.54. The summed E-state index contributed by atoms with van der Waals surface area (Å²) in [5.74, 6) is 0. The van der Waals surface area contributed by atoms with Crippen molar-refractivity contribution in [3.8, 4) is 21.8 Å². The minimum atomic E-state index is 0.732. The van der Waals surface area contributed by atoms with Gasteiger partial charge in [-0.15, -0.1) is 11.3 Å². The van der Waals surface area contributed by atoms with E-state index in [-0.39, 0.29) is 0 Å². The van der Waals surface area contributed by atoms with Crippen molar-refractivity contribution in [3.05, 3.63) is 54.2 Å². The molecule has 0 saturated heterocycles. The van der Waals surface area contributed by atoms with Crippen molar-refractivity contribution in [2.75, 3.05) is 5.73 Å². The van der Waals surface area contributed by atoms with Gasteiger partial charge in [0.05, 0.1) is 28.7 Å². The first kappa shape index (κ1) is 10.9. The maximum absolute atomic E-state index is 5.78.